The monoisotopic (exact) mass is 311 g/mol. The maximum atomic E-state index is 11.9. The summed E-state index contributed by atoms with van der Waals surface area (Å²) in [5.41, 5.74) is 2.59. The van der Waals surface area contributed by atoms with E-state index in [1.54, 1.807) is 24.3 Å². The molecule has 2 aromatic carbocycles. The highest BCUT2D eigenvalue weighted by molar-refractivity contribution is 5.94. The molecular weight excluding hydrogens is 290 g/mol. The number of ether oxygens (including phenoxy) is 1. The number of Topliss-reactive ketones (excluding diaryl/α,β-unsaturated/α-hetero) is 1. The van der Waals surface area contributed by atoms with Crippen LogP contribution in [0.1, 0.15) is 42.6 Å². The standard InChI is InChI=1S/C19H21NO3/c1-13(2)15-4-8-17(9-5-15)20-19(22)12-23-18-10-6-16(7-11-18)14(3)21/h4-11,13H,12H2,1-3H3,(H,20,22). The van der Waals surface area contributed by atoms with Crippen LogP contribution < -0.4 is 10.1 Å². The lowest BCUT2D eigenvalue weighted by Gasteiger charge is -2.09. The molecule has 2 aromatic rings. The van der Waals surface area contributed by atoms with Gasteiger partial charge in [0.2, 0.25) is 0 Å². The fourth-order valence-corrected chi connectivity index (χ4v) is 2.08. The van der Waals surface area contributed by atoms with E-state index in [4.69, 9.17) is 4.74 Å². The van der Waals surface area contributed by atoms with E-state index in [1.165, 1.54) is 12.5 Å². The third-order valence-electron chi connectivity index (χ3n) is 3.49. The molecule has 0 aromatic heterocycles. The molecule has 0 heterocycles. The number of anilines is 1. The van der Waals surface area contributed by atoms with Crippen molar-refractivity contribution in [3.63, 3.8) is 0 Å². The largest absolute Gasteiger partial charge is 0.484 e. The van der Waals surface area contributed by atoms with Crippen molar-refractivity contribution >= 4 is 17.4 Å². The highest BCUT2D eigenvalue weighted by Gasteiger charge is 2.05. The summed E-state index contributed by atoms with van der Waals surface area (Å²) in [4.78, 5) is 23.1. The molecule has 120 valence electrons. The van der Waals surface area contributed by atoms with Crippen LogP contribution in [-0.4, -0.2) is 18.3 Å². The summed E-state index contributed by atoms with van der Waals surface area (Å²) in [5.74, 6) is 0.790. The van der Waals surface area contributed by atoms with Crippen molar-refractivity contribution in [1.29, 1.82) is 0 Å². The molecule has 1 amide bonds. The van der Waals surface area contributed by atoms with Crippen LogP contribution in [0.25, 0.3) is 0 Å². The predicted octanol–water partition coefficient (Wildman–Crippen LogP) is 4.03. The molecule has 0 radical (unpaired) electrons. The second kappa shape index (κ2) is 7.58. The number of benzene rings is 2. The number of ketones is 1. The minimum Gasteiger partial charge on any atom is -0.484 e. The van der Waals surface area contributed by atoms with Gasteiger partial charge in [0.15, 0.2) is 12.4 Å². The van der Waals surface area contributed by atoms with E-state index in [9.17, 15) is 9.59 Å². The lowest BCUT2D eigenvalue weighted by Crippen LogP contribution is -2.20. The third-order valence-corrected chi connectivity index (χ3v) is 3.49. The minimum absolute atomic E-state index is 0.000799. The molecule has 0 fully saturated rings. The van der Waals surface area contributed by atoms with Gasteiger partial charge in [-0.15, -0.1) is 0 Å². The van der Waals surface area contributed by atoms with Crippen molar-refractivity contribution < 1.29 is 14.3 Å². The normalized spacial score (nSPS) is 10.4. The molecule has 4 nitrogen and oxygen atoms in total. The first-order valence-electron chi connectivity index (χ1n) is 7.59. The zero-order valence-corrected chi connectivity index (χ0v) is 13.6. The lowest BCUT2D eigenvalue weighted by atomic mass is 10.0. The van der Waals surface area contributed by atoms with Gasteiger partial charge in [0.05, 0.1) is 0 Å². The van der Waals surface area contributed by atoms with Gasteiger partial charge in [-0.1, -0.05) is 26.0 Å². The summed E-state index contributed by atoms with van der Waals surface area (Å²) in [6.07, 6.45) is 0. The molecule has 23 heavy (non-hydrogen) atoms. The van der Waals surface area contributed by atoms with Crippen LogP contribution in [0.15, 0.2) is 48.5 Å². The smallest absolute Gasteiger partial charge is 0.262 e. The number of hydrogen-bond donors (Lipinski definition) is 1. The molecule has 0 unspecified atom stereocenters. The molecular formula is C19H21NO3. The number of rotatable bonds is 6. The second-order valence-electron chi connectivity index (χ2n) is 5.69. The van der Waals surface area contributed by atoms with Gasteiger partial charge < -0.3 is 10.1 Å². The number of nitrogens with one attached hydrogen (secondary N) is 1. The Morgan fingerprint density at radius 1 is 1.00 bits per heavy atom. The first kappa shape index (κ1) is 16.7. The Morgan fingerprint density at radius 2 is 1.61 bits per heavy atom. The Balaban J connectivity index is 1.86. The van der Waals surface area contributed by atoms with Gasteiger partial charge in [0.1, 0.15) is 5.75 Å². The van der Waals surface area contributed by atoms with Gasteiger partial charge in [-0.2, -0.15) is 0 Å². The fourth-order valence-electron chi connectivity index (χ4n) is 2.08. The minimum atomic E-state index is -0.224. The van der Waals surface area contributed by atoms with E-state index < -0.39 is 0 Å². The first-order valence-corrected chi connectivity index (χ1v) is 7.59. The Morgan fingerprint density at radius 3 is 2.13 bits per heavy atom. The summed E-state index contributed by atoms with van der Waals surface area (Å²) >= 11 is 0. The summed E-state index contributed by atoms with van der Waals surface area (Å²) in [6.45, 7) is 5.68. The van der Waals surface area contributed by atoms with Gasteiger partial charge in [0, 0.05) is 11.3 Å². The van der Waals surface area contributed by atoms with Crippen molar-refractivity contribution in [3.8, 4) is 5.75 Å². The van der Waals surface area contributed by atoms with Crippen molar-refractivity contribution in [2.24, 2.45) is 0 Å². The van der Waals surface area contributed by atoms with Crippen LogP contribution in [0.4, 0.5) is 5.69 Å². The summed E-state index contributed by atoms with van der Waals surface area (Å²) in [7, 11) is 0. The van der Waals surface area contributed by atoms with Crippen LogP contribution in [-0.2, 0) is 4.79 Å². The molecule has 2 rings (SSSR count). The Hall–Kier alpha value is -2.62. The molecule has 0 aliphatic heterocycles. The predicted molar refractivity (Wildman–Crippen MR) is 91.1 cm³/mol. The van der Waals surface area contributed by atoms with Gasteiger partial charge in [-0.05, 0) is 54.8 Å². The van der Waals surface area contributed by atoms with Gasteiger partial charge in [0.25, 0.3) is 5.91 Å². The van der Waals surface area contributed by atoms with Crippen molar-refractivity contribution in [1.82, 2.24) is 0 Å². The summed E-state index contributed by atoms with van der Waals surface area (Å²) in [5, 5.41) is 2.79. The van der Waals surface area contributed by atoms with E-state index >= 15 is 0 Å². The SMILES string of the molecule is CC(=O)c1ccc(OCC(=O)Nc2ccc(C(C)C)cc2)cc1. The Bertz CT molecular complexity index is 673. The number of carbonyl (C=O) groups is 2. The van der Waals surface area contributed by atoms with Crippen LogP contribution in [0.5, 0.6) is 5.75 Å². The number of amides is 1. The Labute approximate surface area is 136 Å². The zero-order chi connectivity index (χ0) is 16.8. The quantitative estimate of drug-likeness (QED) is 0.819. The molecule has 0 atom stereocenters. The summed E-state index contributed by atoms with van der Waals surface area (Å²) < 4.78 is 5.41. The molecule has 0 bridgehead atoms. The molecule has 0 aliphatic rings. The van der Waals surface area contributed by atoms with Gasteiger partial charge in [-0.25, -0.2) is 0 Å². The first-order chi connectivity index (χ1) is 11.0. The van der Waals surface area contributed by atoms with E-state index in [0.717, 1.165) is 5.69 Å². The van der Waals surface area contributed by atoms with Gasteiger partial charge in [-0.3, -0.25) is 9.59 Å². The summed E-state index contributed by atoms with van der Waals surface area (Å²) in [6, 6.07) is 14.5. The van der Waals surface area contributed by atoms with Crippen molar-refractivity contribution in [3.05, 3.63) is 59.7 Å². The fraction of sp³-hybridized carbons (Fsp3) is 0.263. The van der Waals surface area contributed by atoms with E-state index in [1.807, 2.05) is 24.3 Å². The average molecular weight is 311 g/mol. The third kappa shape index (κ3) is 4.95. The number of carbonyl (C=O) groups excluding carboxylic acids is 2. The number of hydrogen-bond acceptors (Lipinski definition) is 3. The van der Waals surface area contributed by atoms with Crippen molar-refractivity contribution in [2.75, 3.05) is 11.9 Å². The molecule has 0 saturated heterocycles. The highest BCUT2D eigenvalue weighted by atomic mass is 16.5. The van der Waals surface area contributed by atoms with Crippen LogP contribution in [0.3, 0.4) is 0 Å². The van der Waals surface area contributed by atoms with Crippen LogP contribution in [0, 0.1) is 0 Å². The molecule has 0 saturated carbocycles. The van der Waals surface area contributed by atoms with Crippen LogP contribution in [0.2, 0.25) is 0 Å². The molecule has 0 spiro atoms. The maximum absolute atomic E-state index is 11.9. The highest BCUT2D eigenvalue weighted by Crippen LogP contribution is 2.17. The van der Waals surface area contributed by atoms with Gasteiger partial charge >= 0.3 is 0 Å². The van der Waals surface area contributed by atoms with E-state index in [0.29, 0.717) is 17.2 Å². The van der Waals surface area contributed by atoms with Crippen LogP contribution >= 0.6 is 0 Å². The van der Waals surface area contributed by atoms with Crippen molar-refractivity contribution in [2.45, 2.75) is 26.7 Å². The Kier molecular flexibility index (Phi) is 5.52. The lowest BCUT2D eigenvalue weighted by molar-refractivity contribution is -0.118. The maximum Gasteiger partial charge on any atom is 0.262 e. The second-order valence-corrected chi connectivity index (χ2v) is 5.69. The molecule has 0 aliphatic carbocycles. The average Bonchev–Trinajstić information content (AvgIpc) is 2.54. The van der Waals surface area contributed by atoms with E-state index in [-0.39, 0.29) is 18.3 Å². The topological polar surface area (TPSA) is 55.4 Å². The van der Waals surface area contributed by atoms with E-state index in [2.05, 4.69) is 19.2 Å². The molecule has 1 N–H and O–H groups in total. The zero-order valence-electron chi connectivity index (χ0n) is 13.6. The molecule has 4 heteroatoms.